The Hall–Kier alpha value is -1.04. The van der Waals surface area contributed by atoms with Crippen LogP contribution in [0.3, 0.4) is 0 Å². The second-order valence-electron chi connectivity index (χ2n) is 6.91. The van der Waals surface area contributed by atoms with E-state index in [1.165, 1.54) is 12.8 Å². The third kappa shape index (κ3) is 1.73. The molecule has 1 aromatic heterocycles. The van der Waals surface area contributed by atoms with E-state index in [4.69, 9.17) is 0 Å². The Morgan fingerprint density at radius 1 is 1.30 bits per heavy atom. The van der Waals surface area contributed by atoms with Crippen molar-refractivity contribution in [3.63, 3.8) is 0 Å². The number of hydrogen-bond donors (Lipinski definition) is 1. The van der Waals surface area contributed by atoms with Crippen LogP contribution in [0.15, 0.2) is 12.5 Å². The van der Waals surface area contributed by atoms with Gasteiger partial charge in [-0.1, -0.05) is 0 Å². The number of aromatic nitrogens is 2. The third-order valence-corrected chi connectivity index (χ3v) is 5.33. The first-order chi connectivity index (χ1) is 9.43. The summed E-state index contributed by atoms with van der Waals surface area (Å²) < 4.78 is 40.9. The predicted octanol–water partition coefficient (Wildman–Crippen LogP) is 2.48. The Morgan fingerprint density at radius 3 is 2.50 bits per heavy atom. The molecule has 1 spiro atoms. The van der Waals surface area contributed by atoms with Gasteiger partial charge in [0.1, 0.15) is 5.41 Å². The fourth-order valence-electron chi connectivity index (χ4n) is 3.88. The van der Waals surface area contributed by atoms with Crippen molar-refractivity contribution >= 4 is 0 Å². The molecular weight excluding hydrogens is 267 g/mol. The standard InChI is InChI=1S/C14H18F3N3/c15-14(16,17)13(1-2-13)11-6-20(9-19-11)5-10-3-12(4-10)7-18-8-12/h6,9-10,18H,1-5,7-8H2. The van der Waals surface area contributed by atoms with Gasteiger partial charge in [-0.3, -0.25) is 0 Å². The summed E-state index contributed by atoms with van der Waals surface area (Å²) in [7, 11) is 0. The maximum atomic E-state index is 13.0. The van der Waals surface area contributed by atoms with Crippen LogP contribution in [0, 0.1) is 11.3 Å². The van der Waals surface area contributed by atoms with Gasteiger partial charge in [0, 0.05) is 25.8 Å². The molecule has 2 aliphatic carbocycles. The van der Waals surface area contributed by atoms with Crippen molar-refractivity contribution in [3.8, 4) is 0 Å². The molecule has 1 aliphatic heterocycles. The van der Waals surface area contributed by atoms with Crippen molar-refractivity contribution in [3.05, 3.63) is 18.2 Å². The summed E-state index contributed by atoms with van der Waals surface area (Å²) in [6.45, 7) is 3.02. The first-order valence-electron chi connectivity index (χ1n) is 7.22. The molecule has 6 heteroatoms. The van der Waals surface area contributed by atoms with Crippen molar-refractivity contribution in [1.82, 2.24) is 14.9 Å². The zero-order chi connectivity index (χ0) is 14.0. The molecule has 4 rings (SSSR count). The minimum Gasteiger partial charge on any atom is -0.337 e. The highest BCUT2D eigenvalue weighted by molar-refractivity contribution is 5.26. The van der Waals surface area contributed by atoms with Crippen molar-refractivity contribution in [2.75, 3.05) is 13.1 Å². The van der Waals surface area contributed by atoms with Gasteiger partial charge < -0.3 is 9.88 Å². The van der Waals surface area contributed by atoms with Gasteiger partial charge in [-0.05, 0) is 37.0 Å². The minimum atomic E-state index is -4.16. The zero-order valence-corrected chi connectivity index (χ0v) is 11.2. The van der Waals surface area contributed by atoms with Gasteiger partial charge in [-0.15, -0.1) is 0 Å². The van der Waals surface area contributed by atoms with Crippen LogP contribution in [0.1, 0.15) is 31.4 Å². The quantitative estimate of drug-likeness (QED) is 0.924. The number of rotatable bonds is 3. The molecule has 3 fully saturated rings. The van der Waals surface area contributed by atoms with Gasteiger partial charge in [-0.25, -0.2) is 4.98 Å². The number of imidazole rings is 1. The second-order valence-corrected chi connectivity index (χ2v) is 6.91. The summed E-state index contributed by atoms with van der Waals surface area (Å²) in [6, 6.07) is 0. The zero-order valence-electron chi connectivity index (χ0n) is 11.2. The molecule has 3 nitrogen and oxygen atoms in total. The van der Waals surface area contributed by atoms with Crippen LogP contribution in [-0.4, -0.2) is 28.8 Å². The number of nitrogens with zero attached hydrogens (tertiary/aromatic N) is 2. The van der Waals surface area contributed by atoms with Crippen LogP contribution in [-0.2, 0) is 12.0 Å². The van der Waals surface area contributed by atoms with Crippen molar-refractivity contribution in [2.24, 2.45) is 11.3 Å². The second kappa shape index (κ2) is 3.78. The van der Waals surface area contributed by atoms with E-state index in [0.717, 1.165) is 19.6 Å². The van der Waals surface area contributed by atoms with Gasteiger partial charge in [-0.2, -0.15) is 13.2 Å². The smallest absolute Gasteiger partial charge is 0.337 e. The van der Waals surface area contributed by atoms with Gasteiger partial charge in [0.25, 0.3) is 0 Å². The van der Waals surface area contributed by atoms with Crippen LogP contribution in [0.4, 0.5) is 13.2 Å². The van der Waals surface area contributed by atoms with Crippen LogP contribution < -0.4 is 5.32 Å². The molecule has 1 N–H and O–H groups in total. The average molecular weight is 285 g/mol. The van der Waals surface area contributed by atoms with Crippen LogP contribution in [0.5, 0.6) is 0 Å². The summed E-state index contributed by atoms with van der Waals surface area (Å²) in [5, 5.41) is 3.29. The maximum Gasteiger partial charge on any atom is 0.400 e. The fourth-order valence-corrected chi connectivity index (χ4v) is 3.88. The Kier molecular flexibility index (Phi) is 2.40. The molecule has 1 saturated heterocycles. The number of hydrogen-bond acceptors (Lipinski definition) is 2. The molecule has 110 valence electrons. The number of nitrogens with one attached hydrogen (secondary N) is 1. The summed E-state index contributed by atoms with van der Waals surface area (Å²) in [5.41, 5.74) is -0.918. The normalized spacial score (nSPS) is 27.1. The third-order valence-electron chi connectivity index (χ3n) is 5.33. The molecule has 0 aromatic carbocycles. The molecule has 3 aliphatic rings. The van der Waals surface area contributed by atoms with Crippen LogP contribution >= 0.6 is 0 Å². The van der Waals surface area contributed by atoms with E-state index in [9.17, 15) is 13.2 Å². The summed E-state index contributed by atoms with van der Waals surface area (Å²) in [6.07, 6.45) is 1.78. The Labute approximate surface area is 115 Å². The monoisotopic (exact) mass is 285 g/mol. The fraction of sp³-hybridized carbons (Fsp3) is 0.786. The minimum absolute atomic E-state index is 0.186. The highest BCUT2D eigenvalue weighted by Gasteiger charge is 2.65. The van der Waals surface area contributed by atoms with E-state index in [1.54, 1.807) is 12.5 Å². The average Bonchev–Trinajstić information content (AvgIpc) is 2.96. The van der Waals surface area contributed by atoms with Crippen molar-refractivity contribution in [1.29, 1.82) is 0 Å². The van der Waals surface area contributed by atoms with E-state index < -0.39 is 11.6 Å². The van der Waals surface area contributed by atoms with Gasteiger partial charge >= 0.3 is 6.18 Å². The van der Waals surface area contributed by atoms with Crippen molar-refractivity contribution < 1.29 is 13.2 Å². The lowest BCUT2D eigenvalue weighted by atomic mass is 9.58. The number of halogens is 3. The topological polar surface area (TPSA) is 29.9 Å². The van der Waals surface area contributed by atoms with E-state index in [1.807, 2.05) is 4.57 Å². The summed E-state index contributed by atoms with van der Waals surface area (Å²) >= 11 is 0. The predicted molar refractivity (Wildman–Crippen MR) is 67.2 cm³/mol. The molecule has 0 unspecified atom stereocenters. The van der Waals surface area contributed by atoms with Crippen molar-refractivity contribution in [2.45, 2.75) is 43.8 Å². The number of alkyl halides is 3. The molecule has 0 bridgehead atoms. The molecule has 0 atom stereocenters. The molecular formula is C14H18F3N3. The van der Waals surface area contributed by atoms with Crippen LogP contribution in [0.25, 0.3) is 0 Å². The lowest BCUT2D eigenvalue weighted by molar-refractivity contribution is -0.161. The van der Waals surface area contributed by atoms with E-state index in [-0.39, 0.29) is 18.5 Å². The largest absolute Gasteiger partial charge is 0.400 e. The Balaban J connectivity index is 1.42. The molecule has 1 aromatic rings. The lowest BCUT2D eigenvalue weighted by Crippen LogP contribution is -2.60. The van der Waals surface area contributed by atoms with Gasteiger partial charge in [0.05, 0.1) is 12.0 Å². The van der Waals surface area contributed by atoms with E-state index in [0.29, 0.717) is 11.3 Å². The highest BCUT2D eigenvalue weighted by Crippen LogP contribution is 2.58. The van der Waals surface area contributed by atoms with Crippen LogP contribution in [0.2, 0.25) is 0 Å². The molecule has 0 radical (unpaired) electrons. The molecule has 0 amide bonds. The van der Waals surface area contributed by atoms with Gasteiger partial charge in [0.15, 0.2) is 0 Å². The SMILES string of the molecule is FC(F)(F)C1(c2cn(CC3CC4(CNC4)C3)cn2)CC1. The first kappa shape index (κ1) is 12.7. The Bertz CT molecular complexity index is 518. The lowest BCUT2D eigenvalue weighted by Gasteiger charge is -2.54. The highest BCUT2D eigenvalue weighted by atomic mass is 19.4. The molecule has 2 saturated carbocycles. The first-order valence-corrected chi connectivity index (χ1v) is 7.22. The molecule has 2 heterocycles. The Morgan fingerprint density at radius 2 is 2.00 bits per heavy atom. The maximum absolute atomic E-state index is 13.0. The molecule has 20 heavy (non-hydrogen) atoms. The van der Waals surface area contributed by atoms with E-state index >= 15 is 0 Å². The van der Waals surface area contributed by atoms with E-state index in [2.05, 4.69) is 10.3 Å². The summed E-state index contributed by atoms with van der Waals surface area (Å²) in [4.78, 5) is 4.03. The summed E-state index contributed by atoms with van der Waals surface area (Å²) in [5.74, 6) is 0.597. The van der Waals surface area contributed by atoms with Gasteiger partial charge in [0.2, 0.25) is 0 Å².